The van der Waals surface area contributed by atoms with Gasteiger partial charge in [-0.2, -0.15) is 9.61 Å². The molecule has 1 N–H and O–H groups in total. The van der Waals surface area contributed by atoms with Crippen molar-refractivity contribution in [1.82, 2.24) is 19.8 Å². The summed E-state index contributed by atoms with van der Waals surface area (Å²) in [5, 5.41) is 28.3. The second-order valence-corrected chi connectivity index (χ2v) is 9.69. The summed E-state index contributed by atoms with van der Waals surface area (Å²) in [5.41, 5.74) is 2.16. The van der Waals surface area contributed by atoms with Crippen LogP contribution in [0.2, 0.25) is 0 Å². The molecular formula is C24H25N7O3S. The highest BCUT2D eigenvalue weighted by Crippen LogP contribution is 2.33. The van der Waals surface area contributed by atoms with E-state index in [1.54, 1.807) is 22.7 Å². The summed E-state index contributed by atoms with van der Waals surface area (Å²) in [7, 11) is 0. The monoisotopic (exact) mass is 491 g/mol. The fourth-order valence-corrected chi connectivity index (χ4v) is 5.11. The maximum absolute atomic E-state index is 13.0. The minimum absolute atomic E-state index is 0.0487. The van der Waals surface area contributed by atoms with Gasteiger partial charge in [0.05, 0.1) is 4.92 Å². The van der Waals surface area contributed by atoms with Gasteiger partial charge in [0, 0.05) is 42.4 Å². The number of piperidine rings is 1. The van der Waals surface area contributed by atoms with Gasteiger partial charge in [0.1, 0.15) is 10.7 Å². The minimum Gasteiger partial charge on any atom is -0.366 e. The van der Waals surface area contributed by atoms with E-state index in [-0.39, 0.29) is 11.3 Å². The van der Waals surface area contributed by atoms with Crippen molar-refractivity contribution in [3.8, 4) is 10.6 Å². The van der Waals surface area contributed by atoms with Crippen molar-refractivity contribution in [2.24, 2.45) is 5.92 Å². The third kappa shape index (κ3) is 4.59. The van der Waals surface area contributed by atoms with Gasteiger partial charge in [-0.15, -0.1) is 10.2 Å². The molecule has 1 aliphatic heterocycles. The number of benzene rings is 2. The molecule has 0 aliphatic carbocycles. The van der Waals surface area contributed by atoms with E-state index in [9.17, 15) is 14.9 Å². The van der Waals surface area contributed by atoms with Crippen LogP contribution < -0.4 is 10.2 Å². The van der Waals surface area contributed by atoms with Crippen molar-refractivity contribution in [1.29, 1.82) is 0 Å². The Bertz CT molecular complexity index is 1410. The number of nitrogens with one attached hydrogen (secondary N) is 1. The zero-order valence-corrected chi connectivity index (χ0v) is 20.3. The molecule has 0 spiro atoms. The average molecular weight is 492 g/mol. The van der Waals surface area contributed by atoms with Crippen molar-refractivity contribution in [2.45, 2.75) is 33.1 Å². The molecule has 180 valence electrons. The van der Waals surface area contributed by atoms with Gasteiger partial charge in [-0.05, 0) is 43.0 Å². The van der Waals surface area contributed by atoms with Crippen molar-refractivity contribution < 1.29 is 9.72 Å². The topological polar surface area (TPSA) is 119 Å². The summed E-state index contributed by atoms with van der Waals surface area (Å²) in [6.07, 6.45) is 2.72. The number of hydrogen-bond donors (Lipinski definition) is 1. The predicted octanol–water partition coefficient (Wildman–Crippen LogP) is 4.81. The molecule has 0 bridgehead atoms. The Morgan fingerprint density at radius 1 is 1.20 bits per heavy atom. The van der Waals surface area contributed by atoms with Crippen LogP contribution in [0, 0.1) is 16.0 Å². The number of hydrogen-bond acceptors (Lipinski definition) is 8. The second-order valence-electron chi connectivity index (χ2n) is 8.74. The molecule has 1 amide bonds. The van der Waals surface area contributed by atoms with E-state index in [0.29, 0.717) is 22.3 Å². The molecular weight excluding hydrogens is 466 g/mol. The van der Waals surface area contributed by atoms with Gasteiger partial charge in [-0.3, -0.25) is 14.9 Å². The summed E-state index contributed by atoms with van der Waals surface area (Å²) in [6, 6.07) is 12.0. The van der Waals surface area contributed by atoms with E-state index in [1.807, 2.05) is 30.0 Å². The molecule has 0 radical (unpaired) electrons. The van der Waals surface area contributed by atoms with Crippen LogP contribution in [-0.4, -0.2) is 43.7 Å². The lowest BCUT2D eigenvalue weighted by Gasteiger charge is -2.31. The highest BCUT2D eigenvalue weighted by atomic mass is 32.1. The van der Waals surface area contributed by atoms with Gasteiger partial charge >= 0.3 is 0 Å². The van der Waals surface area contributed by atoms with Gasteiger partial charge < -0.3 is 10.2 Å². The zero-order chi connectivity index (χ0) is 24.5. The van der Waals surface area contributed by atoms with Crippen LogP contribution in [0.4, 0.5) is 17.1 Å². The Kier molecular flexibility index (Phi) is 6.16. The molecule has 2 aromatic heterocycles. The molecule has 3 heterocycles. The highest BCUT2D eigenvalue weighted by Gasteiger charge is 2.25. The first kappa shape index (κ1) is 22.9. The summed E-state index contributed by atoms with van der Waals surface area (Å²) in [5.74, 6) is 0.998. The molecule has 11 heteroatoms. The van der Waals surface area contributed by atoms with Crippen LogP contribution in [0.25, 0.3) is 15.5 Å². The average Bonchev–Trinajstić information content (AvgIpc) is 3.45. The van der Waals surface area contributed by atoms with E-state index in [1.165, 1.54) is 17.4 Å². The Labute approximate surface area is 205 Å². The predicted molar refractivity (Wildman–Crippen MR) is 135 cm³/mol. The first-order chi connectivity index (χ1) is 16.9. The maximum atomic E-state index is 13.0. The summed E-state index contributed by atoms with van der Waals surface area (Å²) in [6.45, 7) is 5.74. The molecule has 1 fully saturated rings. The molecule has 2 aromatic carbocycles. The number of aromatic nitrogens is 4. The highest BCUT2D eigenvalue weighted by molar-refractivity contribution is 7.19. The van der Waals surface area contributed by atoms with Gasteiger partial charge in [-0.25, -0.2) is 0 Å². The smallest absolute Gasteiger partial charge is 0.293 e. The van der Waals surface area contributed by atoms with Crippen LogP contribution in [0.1, 0.15) is 42.9 Å². The number of rotatable bonds is 6. The Morgan fingerprint density at radius 2 is 2.00 bits per heavy atom. The largest absolute Gasteiger partial charge is 0.366 e. The maximum Gasteiger partial charge on any atom is 0.293 e. The minimum atomic E-state index is -0.414. The molecule has 4 aromatic rings. The standard InChI is InChI=1S/C24H25N7O3S/c1-3-21-26-27-24-30(21)28-23(35-24)17-5-4-6-18(13-17)25-22(32)16-7-8-19(20(14-16)31(33)34)29-11-9-15(2)10-12-29/h4-8,13-15H,3,9-12H2,1-2H3,(H,25,32). The first-order valence-electron chi connectivity index (χ1n) is 11.6. The normalized spacial score (nSPS) is 14.4. The van der Waals surface area contributed by atoms with Gasteiger partial charge in [0.15, 0.2) is 5.82 Å². The quantitative estimate of drug-likeness (QED) is 0.304. The van der Waals surface area contributed by atoms with Gasteiger partial charge in [0.2, 0.25) is 4.96 Å². The molecule has 5 rings (SSSR count). The number of fused-ring (bicyclic) bond motifs is 1. The van der Waals surface area contributed by atoms with Crippen molar-refractivity contribution in [3.05, 3.63) is 64.0 Å². The Hall–Kier alpha value is -3.86. The number of nitro groups is 1. The fraction of sp³-hybridized carbons (Fsp3) is 0.333. The van der Waals surface area contributed by atoms with Crippen LogP contribution in [0.3, 0.4) is 0 Å². The van der Waals surface area contributed by atoms with Crippen LogP contribution in [-0.2, 0) is 6.42 Å². The molecule has 35 heavy (non-hydrogen) atoms. The van der Waals surface area contributed by atoms with E-state index in [2.05, 4.69) is 27.5 Å². The van der Waals surface area contributed by atoms with Crippen LogP contribution in [0.15, 0.2) is 42.5 Å². The lowest BCUT2D eigenvalue weighted by atomic mass is 9.98. The first-order valence-corrected chi connectivity index (χ1v) is 12.4. The van der Waals surface area contributed by atoms with Gasteiger partial charge in [0.25, 0.3) is 11.6 Å². The molecule has 0 atom stereocenters. The Balaban J connectivity index is 1.37. The number of carbonyl (C=O) groups is 1. The number of amides is 1. The number of nitro benzene ring substituents is 1. The SMILES string of the molecule is CCc1nnc2sc(-c3cccc(NC(=O)c4ccc(N5CCC(C)CC5)c([N+](=O)[O-])c4)c3)nn12. The summed E-state index contributed by atoms with van der Waals surface area (Å²) < 4.78 is 1.73. The van der Waals surface area contributed by atoms with Crippen LogP contribution >= 0.6 is 11.3 Å². The number of anilines is 2. The van der Waals surface area contributed by atoms with Crippen molar-refractivity contribution in [3.63, 3.8) is 0 Å². The number of nitrogens with zero attached hydrogens (tertiary/aromatic N) is 6. The lowest BCUT2D eigenvalue weighted by molar-refractivity contribution is -0.384. The van der Waals surface area contributed by atoms with E-state index in [0.717, 1.165) is 48.7 Å². The summed E-state index contributed by atoms with van der Waals surface area (Å²) >= 11 is 1.42. The molecule has 0 unspecified atom stereocenters. The van der Waals surface area contributed by atoms with E-state index >= 15 is 0 Å². The lowest BCUT2D eigenvalue weighted by Crippen LogP contribution is -2.33. The van der Waals surface area contributed by atoms with Gasteiger partial charge in [-0.1, -0.05) is 37.3 Å². The summed E-state index contributed by atoms with van der Waals surface area (Å²) in [4.78, 5) is 27.1. The molecule has 0 saturated carbocycles. The van der Waals surface area contributed by atoms with Crippen molar-refractivity contribution >= 4 is 39.3 Å². The third-order valence-corrected chi connectivity index (χ3v) is 7.25. The second kappa shape index (κ2) is 9.41. The Morgan fingerprint density at radius 3 is 2.74 bits per heavy atom. The fourth-order valence-electron chi connectivity index (χ4n) is 4.26. The number of carbonyl (C=O) groups excluding carboxylic acids is 1. The van der Waals surface area contributed by atoms with Crippen LogP contribution in [0.5, 0.6) is 0 Å². The zero-order valence-electron chi connectivity index (χ0n) is 19.5. The van der Waals surface area contributed by atoms with E-state index in [4.69, 9.17) is 0 Å². The molecule has 1 saturated heterocycles. The molecule has 1 aliphatic rings. The molecule has 10 nitrogen and oxygen atoms in total. The van der Waals surface area contributed by atoms with Crippen molar-refractivity contribution in [2.75, 3.05) is 23.3 Å². The third-order valence-electron chi connectivity index (χ3n) is 6.30. The number of aryl methyl sites for hydroxylation is 1. The van der Waals surface area contributed by atoms with E-state index < -0.39 is 10.8 Å².